The van der Waals surface area contributed by atoms with Gasteiger partial charge in [0, 0.05) is 24.6 Å². The number of fused-ring (bicyclic) bond motifs is 1. The molecule has 1 aromatic heterocycles. The molecule has 0 saturated heterocycles. The Morgan fingerprint density at radius 3 is 2.57 bits per heavy atom. The van der Waals surface area contributed by atoms with Gasteiger partial charge in [0.05, 0.1) is 18.1 Å². The lowest BCUT2D eigenvalue weighted by atomic mass is 9.90. The maximum absolute atomic E-state index is 13.1. The summed E-state index contributed by atoms with van der Waals surface area (Å²) in [4.78, 5) is 32.7. The minimum Gasteiger partial charge on any atom is -0.497 e. The topological polar surface area (TPSA) is 64.4 Å². The van der Waals surface area contributed by atoms with Crippen LogP contribution >= 0.6 is 0 Å². The third kappa shape index (κ3) is 4.37. The quantitative estimate of drug-likeness (QED) is 0.646. The molecule has 1 aliphatic rings. The van der Waals surface area contributed by atoms with Crippen molar-refractivity contribution in [2.75, 3.05) is 20.2 Å². The lowest BCUT2D eigenvalue weighted by Gasteiger charge is -2.23. The number of aromatic nitrogens is 2. The molecule has 0 N–H and O–H groups in total. The first-order chi connectivity index (χ1) is 13.2. The SMILES string of the molecule is CCCN(CC1CC1)C(=O)Cn1c(C(=O)C(C)(C)C)nc2ccc(OC)cc21. The minimum absolute atomic E-state index is 0.0406. The molecule has 0 spiro atoms. The van der Waals surface area contributed by atoms with Crippen molar-refractivity contribution in [2.45, 2.75) is 53.5 Å². The predicted molar refractivity (Wildman–Crippen MR) is 110 cm³/mol. The lowest BCUT2D eigenvalue weighted by Crippen LogP contribution is -2.37. The molecule has 3 rings (SSSR count). The number of hydrogen-bond donors (Lipinski definition) is 0. The van der Waals surface area contributed by atoms with Gasteiger partial charge in [-0.2, -0.15) is 0 Å². The van der Waals surface area contributed by atoms with Crippen LogP contribution in [0.25, 0.3) is 11.0 Å². The predicted octanol–water partition coefficient (Wildman–Crippen LogP) is 3.92. The number of carbonyl (C=O) groups excluding carboxylic acids is 2. The van der Waals surface area contributed by atoms with Crippen molar-refractivity contribution < 1.29 is 14.3 Å². The summed E-state index contributed by atoms with van der Waals surface area (Å²) in [6.07, 6.45) is 3.32. The van der Waals surface area contributed by atoms with Crippen molar-refractivity contribution >= 4 is 22.7 Å². The summed E-state index contributed by atoms with van der Waals surface area (Å²) in [5.41, 5.74) is 0.872. The van der Waals surface area contributed by atoms with Crippen LogP contribution in [0.2, 0.25) is 0 Å². The second-order valence-corrected chi connectivity index (χ2v) is 8.74. The van der Waals surface area contributed by atoms with Crippen molar-refractivity contribution in [3.8, 4) is 5.75 Å². The van der Waals surface area contributed by atoms with E-state index in [1.807, 2.05) is 43.9 Å². The normalized spacial score (nSPS) is 14.3. The molecule has 0 aliphatic heterocycles. The Bertz CT molecular complexity index is 875. The van der Waals surface area contributed by atoms with Gasteiger partial charge >= 0.3 is 0 Å². The molecule has 1 amide bonds. The van der Waals surface area contributed by atoms with Crippen molar-refractivity contribution in [1.82, 2.24) is 14.5 Å². The van der Waals surface area contributed by atoms with Gasteiger partial charge in [0.1, 0.15) is 12.3 Å². The van der Waals surface area contributed by atoms with E-state index in [1.54, 1.807) is 11.7 Å². The molecule has 0 bridgehead atoms. The van der Waals surface area contributed by atoms with Crippen LogP contribution in [0.4, 0.5) is 0 Å². The third-order valence-electron chi connectivity index (χ3n) is 5.15. The first kappa shape index (κ1) is 20.4. The molecule has 2 aromatic rings. The molecule has 28 heavy (non-hydrogen) atoms. The van der Waals surface area contributed by atoms with Crippen molar-refractivity contribution in [3.63, 3.8) is 0 Å². The van der Waals surface area contributed by atoms with Gasteiger partial charge in [-0.3, -0.25) is 9.59 Å². The molecule has 0 atom stereocenters. The van der Waals surface area contributed by atoms with Gasteiger partial charge in [-0.15, -0.1) is 0 Å². The summed E-state index contributed by atoms with van der Waals surface area (Å²) in [5.74, 6) is 1.62. The van der Waals surface area contributed by atoms with Gasteiger partial charge in [-0.25, -0.2) is 4.98 Å². The molecule has 6 nitrogen and oxygen atoms in total. The molecule has 6 heteroatoms. The Hall–Kier alpha value is -2.37. The Morgan fingerprint density at radius 2 is 2.00 bits per heavy atom. The summed E-state index contributed by atoms with van der Waals surface area (Å²) in [5, 5.41) is 0. The highest BCUT2D eigenvalue weighted by atomic mass is 16.5. The number of benzene rings is 1. The zero-order valence-electron chi connectivity index (χ0n) is 17.6. The first-order valence-electron chi connectivity index (χ1n) is 10.1. The van der Waals surface area contributed by atoms with E-state index >= 15 is 0 Å². The van der Waals surface area contributed by atoms with Crippen molar-refractivity contribution in [2.24, 2.45) is 11.3 Å². The number of Topliss-reactive ketones (excluding diaryl/α,β-unsaturated/α-hetero) is 1. The average molecular weight is 386 g/mol. The Kier molecular flexibility index (Phi) is 5.77. The zero-order chi connectivity index (χ0) is 20.5. The fraction of sp³-hybridized carbons (Fsp3) is 0.591. The average Bonchev–Trinajstić information content (AvgIpc) is 3.40. The third-order valence-corrected chi connectivity index (χ3v) is 5.15. The molecule has 0 radical (unpaired) electrons. The summed E-state index contributed by atoms with van der Waals surface area (Å²) >= 11 is 0. The van der Waals surface area contributed by atoms with E-state index in [1.165, 1.54) is 12.8 Å². The lowest BCUT2D eigenvalue weighted by molar-refractivity contribution is -0.132. The standard InChI is InChI=1S/C22H31N3O3/c1-6-11-24(13-15-7-8-15)19(26)14-25-18-12-16(28-5)9-10-17(18)23-21(25)20(27)22(2,3)4/h9-10,12,15H,6-8,11,13-14H2,1-5H3. The summed E-state index contributed by atoms with van der Waals surface area (Å²) < 4.78 is 7.11. The van der Waals surface area contributed by atoms with Crippen LogP contribution in [0.5, 0.6) is 5.75 Å². The second kappa shape index (κ2) is 7.94. The van der Waals surface area contributed by atoms with Crippen LogP contribution in [-0.2, 0) is 11.3 Å². The van der Waals surface area contributed by atoms with Crippen LogP contribution in [-0.4, -0.2) is 46.3 Å². The highest BCUT2D eigenvalue weighted by Crippen LogP contribution is 2.30. The fourth-order valence-electron chi connectivity index (χ4n) is 3.33. The highest BCUT2D eigenvalue weighted by Gasteiger charge is 2.31. The molecular weight excluding hydrogens is 354 g/mol. The molecule has 0 unspecified atom stereocenters. The van der Waals surface area contributed by atoms with Crippen LogP contribution in [0.15, 0.2) is 18.2 Å². The number of carbonyl (C=O) groups is 2. The summed E-state index contributed by atoms with van der Waals surface area (Å²) in [7, 11) is 1.60. The van der Waals surface area contributed by atoms with E-state index in [0.29, 0.717) is 23.0 Å². The van der Waals surface area contributed by atoms with Gasteiger partial charge in [-0.1, -0.05) is 27.7 Å². The number of ether oxygens (including phenoxy) is 1. The number of rotatable bonds is 8. The van der Waals surface area contributed by atoms with Crippen molar-refractivity contribution in [3.05, 3.63) is 24.0 Å². The molecule has 1 saturated carbocycles. The number of amides is 1. The van der Waals surface area contributed by atoms with Crippen LogP contribution in [0.1, 0.15) is 57.6 Å². The maximum atomic E-state index is 13.1. The van der Waals surface area contributed by atoms with Crippen LogP contribution in [0.3, 0.4) is 0 Å². The van der Waals surface area contributed by atoms with Gasteiger partial charge in [-0.05, 0) is 37.3 Å². The van der Waals surface area contributed by atoms with Gasteiger partial charge in [0.25, 0.3) is 0 Å². The molecule has 1 fully saturated rings. The van der Waals surface area contributed by atoms with Crippen LogP contribution in [0, 0.1) is 11.3 Å². The van der Waals surface area contributed by atoms with E-state index in [2.05, 4.69) is 11.9 Å². The molecule has 152 valence electrons. The Morgan fingerprint density at radius 1 is 1.29 bits per heavy atom. The fourth-order valence-corrected chi connectivity index (χ4v) is 3.33. The Balaban J connectivity index is 2.00. The molecule has 1 heterocycles. The number of ketones is 1. The smallest absolute Gasteiger partial charge is 0.242 e. The Labute approximate surface area is 166 Å². The van der Waals surface area contributed by atoms with Crippen molar-refractivity contribution in [1.29, 1.82) is 0 Å². The number of hydrogen-bond acceptors (Lipinski definition) is 4. The van der Waals surface area contributed by atoms with Gasteiger partial charge < -0.3 is 14.2 Å². The zero-order valence-corrected chi connectivity index (χ0v) is 17.6. The van der Waals surface area contributed by atoms with E-state index in [4.69, 9.17) is 4.74 Å². The maximum Gasteiger partial charge on any atom is 0.242 e. The van der Waals surface area contributed by atoms with E-state index in [0.717, 1.165) is 25.0 Å². The molecule has 1 aliphatic carbocycles. The van der Waals surface area contributed by atoms with Gasteiger partial charge in [0.15, 0.2) is 5.82 Å². The minimum atomic E-state index is -0.580. The first-order valence-corrected chi connectivity index (χ1v) is 10.1. The van der Waals surface area contributed by atoms with Gasteiger partial charge in [0.2, 0.25) is 11.7 Å². The summed E-state index contributed by atoms with van der Waals surface area (Å²) in [6, 6.07) is 5.51. The number of imidazole rings is 1. The van der Waals surface area contributed by atoms with Crippen LogP contribution < -0.4 is 4.74 Å². The van der Waals surface area contributed by atoms with E-state index < -0.39 is 5.41 Å². The monoisotopic (exact) mass is 385 g/mol. The molecular formula is C22H31N3O3. The second-order valence-electron chi connectivity index (χ2n) is 8.74. The number of methoxy groups -OCH3 is 1. The van der Waals surface area contributed by atoms with E-state index in [9.17, 15) is 9.59 Å². The molecule has 1 aromatic carbocycles. The number of nitrogens with zero attached hydrogens (tertiary/aromatic N) is 3. The van der Waals surface area contributed by atoms with E-state index in [-0.39, 0.29) is 18.2 Å². The largest absolute Gasteiger partial charge is 0.497 e. The summed E-state index contributed by atoms with van der Waals surface area (Å²) in [6.45, 7) is 9.37. The highest BCUT2D eigenvalue weighted by molar-refractivity contribution is 6.00.